The number of unbranched alkanes of at least 4 members (excludes halogenated alkanes) is 8. The van der Waals surface area contributed by atoms with Gasteiger partial charge < -0.3 is 9.80 Å². The van der Waals surface area contributed by atoms with Gasteiger partial charge in [-0.2, -0.15) is 0 Å². The number of hydrogen-bond acceptors (Lipinski definition) is 2. The number of rotatable bonds is 20. The van der Waals surface area contributed by atoms with Crippen molar-refractivity contribution in [1.29, 1.82) is 0 Å². The van der Waals surface area contributed by atoms with Crippen LogP contribution in [-0.2, 0) is 0 Å². The third-order valence-electron chi connectivity index (χ3n) is 7.63. The van der Waals surface area contributed by atoms with Crippen molar-refractivity contribution in [2.24, 2.45) is 10.8 Å². The maximum atomic E-state index is 2.84. The molecule has 0 aromatic heterocycles. The highest BCUT2D eigenvalue weighted by molar-refractivity contribution is 5.16. The Balaban J connectivity index is 2.86. The summed E-state index contributed by atoms with van der Waals surface area (Å²) in [4.78, 5) is 5.66. The second kappa shape index (κ2) is 17.1. The maximum Gasteiger partial charge on any atom is 0.00703 e. The molecule has 2 unspecified atom stereocenters. The number of nitrogens with zero attached hydrogens (tertiary/aromatic N) is 2. The summed E-state index contributed by atoms with van der Waals surface area (Å²) in [6.45, 7) is 24.6. The smallest absolute Gasteiger partial charge is 0.00703 e. The molecule has 0 aliphatic heterocycles. The number of hydrogen-bond donors (Lipinski definition) is 0. The van der Waals surface area contributed by atoms with Gasteiger partial charge in [0.25, 0.3) is 0 Å². The summed E-state index contributed by atoms with van der Waals surface area (Å²) in [5.74, 6) is 0. The Labute approximate surface area is 210 Å². The van der Waals surface area contributed by atoms with Gasteiger partial charge in [-0.05, 0) is 82.5 Å². The molecule has 1 aliphatic carbocycles. The molecule has 0 spiro atoms. The van der Waals surface area contributed by atoms with E-state index in [2.05, 4.69) is 64.3 Å². The van der Waals surface area contributed by atoms with Crippen LogP contribution in [0.25, 0.3) is 0 Å². The zero-order valence-electron chi connectivity index (χ0n) is 24.1. The van der Waals surface area contributed by atoms with Gasteiger partial charge in [-0.1, -0.05) is 105 Å². The minimum atomic E-state index is 0.314. The van der Waals surface area contributed by atoms with E-state index >= 15 is 0 Å². The highest BCUT2D eigenvalue weighted by Gasteiger charge is 2.39. The molecular weight excluding hydrogens is 400 g/mol. The Morgan fingerprint density at radius 2 is 1.03 bits per heavy atom. The molecule has 1 rings (SSSR count). The molecule has 0 radical (unpaired) electrons. The van der Waals surface area contributed by atoms with E-state index in [1.54, 1.807) is 5.57 Å². The van der Waals surface area contributed by atoms with Gasteiger partial charge in [0.1, 0.15) is 0 Å². The summed E-state index contributed by atoms with van der Waals surface area (Å²) >= 11 is 0. The predicted molar refractivity (Wildman–Crippen MR) is 150 cm³/mol. The summed E-state index contributed by atoms with van der Waals surface area (Å²) in [6, 6.07) is 0. The van der Waals surface area contributed by atoms with Gasteiger partial charge in [-0.15, -0.1) is 0 Å². The quantitative estimate of drug-likeness (QED) is 0.131. The molecule has 0 bridgehead atoms. The molecule has 2 nitrogen and oxygen atoms in total. The lowest BCUT2D eigenvalue weighted by Gasteiger charge is -2.47. The zero-order valence-corrected chi connectivity index (χ0v) is 24.1. The Hall–Kier alpha value is -0.340. The minimum absolute atomic E-state index is 0.314. The van der Waals surface area contributed by atoms with Crippen molar-refractivity contribution in [2.75, 3.05) is 39.3 Å². The number of allylic oxidation sites excluding steroid dienone is 1. The summed E-state index contributed by atoms with van der Waals surface area (Å²) < 4.78 is 0. The van der Waals surface area contributed by atoms with E-state index in [0.717, 1.165) is 0 Å². The van der Waals surface area contributed by atoms with Crippen LogP contribution in [0.4, 0.5) is 0 Å². The highest BCUT2D eigenvalue weighted by Crippen LogP contribution is 2.46. The zero-order chi connectivity index (χ0) is 24.6. The largest absolute Gasteiger partial charge is 0.303 e. The molecule has 0 N–H and O–H groups in total. The van der Waals surface area contributed by atoms with E-state index in [1.807, 2.05) is 0 Å². The summed E-state index contributed by atoms with van der Waals surface area (Å²) in [6.07, 6.45) is 21.5. The van der Waals surface area contributed by atoms with Gasteiger partial charge in [-0.25, -0.2) is 0 Å². The van der Waals surface area contributed by atoms with Crippen molar-refractivity contribution in [3.8, 4) is 0 Å². The van der Waals surface area contributed by atoms with Gasteiger partial charge >= 0.3 is 0 Å². The van der Waals surface area contributed by atoms with E-state index in [1.165, 1.54) is 129 Å². The molecule has 2 atom stereocenters. The minimum Gasteiger partial charge on any atom is -0.303 e. The first-order valence-electron chi connectivity index (χ1n) is 14.9. The monoisotopic (exact) mass is 462 g/mol. The Bertz CT molecular complexity index is 493. The van der Waals surface area contributed by atoms with Crippen molar-refractivity contribution in [1.82, 2.24) is 9.80 Å². The topological polar surface area (TPSA) is 6.48 Å². The van der Waals surface area contributed by atoms with Crippen LogP contribution in [0, 0.1) is 10.8 Å². The van der Waals surface area contributed by atoms with Crippen molar-refractivity contribution in [3.05, 3.63) is 11.6 Å². The van der Waals surface area contributed by atoms with Crippen molar-refractivity contribution >= 4 is 0 Å². The first kappa shape index (κ1) is 30.7. The van der Waals surface area contributed by atoms with Gasteiger partial charge in [0.15, 0.2) is 0 Å². The second-order valence-corrected chi connectivity index (χ2v) is 12.2. The summed E-state index contributed by atoms with van der Waals surface area (Å²) in [5.41, 5.74) is 2.36. The average Bonchev–Trinajstić information content (AvgIpc) is 2.72. The third kappa shape index (κ3) is 13.4. The fourth-order valence-corrected chi connectivity index (χ4v) is 6.55. The van der Waals surface area contributed by atoms with Crippen LogP contribution in [0.3, 0.4) is 0 Å². The van der Waals surface area contributed by atoms with E-state index in [-0.39, 0.29) is 0 Å². The molecule has 0 heterocycles. The Morgan fingerprint density at radius 1 is 0.636 bits per heavy atom. The fraction of sp³-hybridized carbons (Fsp3) is 0.935. The first-order chi connectivity index (χ1) is 15.8. The molecule has 0 amide bonds. The average molecular weight is 463 g/mol. The second-order valence-electron chi connectivity index (χ2n) is 12.2. The lowest BCUT2D eigenvalue weighted by atomic mass is 9.64. The van der Waals surface area contributed by atoms with Gasteiger partial charge in [0, 0.05) is 13.1 Å². The van der Waals surface area contributed by atoms with E-state index in [9.17, 15) is 0 Å². The van der Waals surface area contributed by atoms with Crippen LogP contribution < -0.4 is 0 Å². The van der Waals surface area contributed by atoms with Crippen LogP contribution in [0.5, 0.6) is 0 Å². The molecule has 2 heteroatoms. The van der Waals surface area contributed by atoms with Crippen molar-refractivity contribution in [3.63, 3.8) is 0 Å². The lowest BCUT2D eigenvalue weighted by Crippen LogP contribution is -2.45. The lowest BCUT2D eigenvalue weighted by molar-refractivity contribution is 0.0798. The Kier molecular flexibility index (Phi) is 15.9. The van der Waals surface area contributed by atoms with Crippen LogP contribution in [0.15, 0.2) is 11.6 Å². The van der Waals surface area contributed by atoms with Crippen LogP contribution in [-0.4, -0.2) is 49.1 Å². The van der Waals surface area contributed by atoms with Gasteiger partial charge in [-0.3, -0.25) is 0 Å². The Morgan fingerprint density at radius 3 is 1.42 bits per heavy atom. The fourth-order valence-electron chi connectivity index (χ4n) is 6.55. The highest BCUT2D eigenvalue weighted by atomic mass is 15.1. The van der Waals surface area contributed by atoms with Gasteiger partial charge in [0.2, 0.25) is 0 Å². The standard InChI is InChI=1S/C31H62N2/c1-8-12-16-20-32(21-17-13-9-2)27-30(6)24-29(5)25-31(7,26-30)28-33(22-18-14-10-3)23-19-15-11-4/h24H,8-23,25-28H2,1-7H3. The van der Waals surface area contributed by atoms with E-state index < -0.39 is 0 Å². The normalized spacial score (nSPS) is 23.5. The van der Waals surface area contributed by atoms with Crippen LogP contribution in [0.2, 0.25) is 0 Å². The molecule has 33 heavy (non-hydrogen) atoms. The molecule has 0 fully saturated rings. The first-order valence-corrected chi connectivity index (χ1v) is 14.9. The van der Waals surface area contributed by atoms with Crippen LogP contribution >= 0.6 is 0 Å². The molecular formula is C31H62N2. The van der Waals surface area contributed by atoms with E-state index in [4.69, 9.17) is 0 Å². The molecule has 1 aliphatic rings. The summed E-state index contributed by atoms with van der Waals surface area (Å²) in [7, 11) is 0. The predicted octanol–water partition coefficient (Wildman–Crippen LogP) is 9.10. The molecule has 0 saturated heterocycles. The summed E-state index contributed by atoms with van der Waals surface area (Å²) in [5, 5.41) is 0. The molecule has 0 aromatic rings. The van der Waals surface area contributed by atoms with Gasteiger partial charge in [0.05, 0.1) is 0 Å². The maximum absolute atomic E-state index is 2.84. The molecule has 0 aromatic carbocycles. The van der Waals surface area contributed by atoms with Crippen molar-refractivity contribution in [2.45, 2.75) is 138 Å². The van der Waals surface area contributed by atoms with Crippen molar-refractivity contribution < 1.29 is 0 Å². The third-order valence-corrected chi connectivity index (χ3v) is 7.63. The van der Waals surface area contributed by atoms with Crippen LogP contribution in [0.1, 0.15) is 138 Å². The molecule has 196 valence electrons. The SMILES string of the molecule is CCCCCN(CCCCC)CC1(C)C=C(C)CC(C)(CN(CCCCC)CCCCC)C1. The molecule has 0 saturated carbocycles. The van der Waals surface area contributed by atoms with E-state index in [0.29, 0.717) is 10.8 Å².